The molecule has 8 unspecified atom stereocenters. The van der Waals surface area contributed by atoms with Crippen LogP contribution in [0.1, 0.15) is 103 Å². The van der Waals surface area contributed by atoms with Crippen molar-refractivity contribution in [3.63, 3.8) is 0 Å². The molecule has 4 aliphatic carbocycles. The molecule has 9 rings (SSSR count). The highest BCUT2D eigenvalue weighted by Gasteiger charge is 2.54. The van der Waals surface area contributed by atoms with Crippen molar-refractivity contribution in [3.05, 3.63) is 0 Å². The van der Waals surface area contributed by atoms with Gasteiger partial charge in [-0.2, -0.15) is 25.3 Å². The Balaban J connectivity index is 0.000000295. The lowest BCUT2D eigenvalue weighted by Crippen LogP contribution is -2.61. The van der Waals surface area contributed by atoms with Gasteiger partial charge in [-0.3, -0.25) is 56.2 Å². The van der Waals surface area contributed by atoms with E-state index in [4.69, 9.17) is 38.9 Å². The van der Waals surface area contributed by atoms with Gasteiger partial charge in [-0.1, -0.05) is 51.4 Å². The fourth-order valence-electron chi connectivity index (χ4n) is 12.0. The number of rotatable bonds is 0. The molecular formula is C32H59Cl3N8O9S3. The second-order valence-corrected chi connectivity index (χ2v) is 22.8. The molecule has 5 saturated heterocycles. The number of halogens is 3. The molecule has 9 fully saturated rings. The summed E-state index contributed by atoms with van der Waals surface area (Å²) in [6.45, 7) is 0. The Hall–Kier alpha value is 0.280. The van der Waals surface area contributed by atoms with Crippen LogP contribution >= 0.6 is 32.0 Å². The normalized spacial score (nSPS) is 45.1. The second-order valence-electron chi connectivity index (χ2n) is 16.8. The van der Waals surface area contributed by atoms with Gasteiger partial charge in [0.15, 0.2) is 0 Å². The van der Waals surface area contributed by atoms with E-state index in [9.17, 15) is 0 Å². The van der Waals surface area contributed by atoms with E-state index in [0.29, 0.717) is 49.3 Å². The first-order chi connectivity index (χ1) is 25.8. The summed E-state index contributed by atoms with van der Waals surface area (Å²) in [5.74, 6) is 5.97. The molecule has 5 heterocycles. The van der Waals surface area contributed by atoms with Crippen molar-refractivity contribution in [2.45, 2.75) is 152 Å². The van der Waals surface area contributed by atoms with Gasteiger partial charge in [-0.25, -0.2) is 0 Å². The molecule has 11 N–H and O–H groups in total. The molecular weight excluding hydrogens is 843 g/mol. The Morgan fingerprint density at radius 1 is 0.291 bits per heavy atom. The zero-order valence-electron chi connectivity index (χ0n) is 30.7. The summed E-state index contributed by atoms with van der Waals surface area (Å²) in [5.41, 5.74) is 0. The SMILES string of the molecule is C1CCC2C3NC(NC4NC(NC5NC(NC6NC(N3)C3CCCCC63)C3CCCCC53)C3CCCCC43)C2C1.O=S(=O)(O)Cl.O=S(=O)(O)Cl.O=S(=O)(O)Cl. The van der Waals surface area contributed by atoms with Crippen molar-refractivity contribution in [2.24, 2.45) is 47.3 Å². The van der Waals surface area contributed by atoms with Crippen molar-refractivity contribution in [2.75, 3.05) is 0 Å². The van der Waals surface area contributed by atoms with Gasteiger partial charge < -0.3 is 0 Å². The minimum atomic E-state index is -4.19. The van der Waals surface area contributed by atoms with Crippen LogP contribution in [0, 0.1) is 47.3 Å². The van der Waals surface area contributed by atoms with Crippen molar-refractivity contribution in [1.82, 2.24) is 42.5 Å². The van der Waals surface area contributed by atoms with Crippen molar-refractivity contribution in [3.8, 4) is 0 Å². The number of hydrogen-bond acceptors (Lipinski definition) is 14. The largest absolute Gasteiger partial charge is 0.353 e. The van der Waals surface area contributed by atoms with Gasteiger partial charge in [-0.15, -0.1) is 0 Å². The van der Waals surface area contributed by atoms with Gasteiger partial charge in [0.25, 0.3) is 0 Å². The molecule has 0 aromatic carbocycles. The molecule has 320 valence electrons. The maximum absolute atomic E-state index is 8.95. The molecule has 0 spiro atoms. The lowest BCUT2D eigenvalue weighted by molar-refractivity contribution is 0.167. The first-order valence-corrected chi connectivity index (χ1v) is 26.7. The summed E-state index contributed by atoms with van der Waals surface area (Å²) < 4.78 is 75.5. The molecule has 0 aromatic heterocycles. The van der Waals surface area contributed by atoms with E-state index in [1.54, 1.807) is 0 Å². The zero-order chi connectivity index (χ0) is 39.7. The average Bonchev–Trinajstić information content (AvgIpc) is 3.82. The third kappa shape index (κ3) is 12.7. The van der Waals surface area contributed by atoms with Crippen LogP contribution in [0.4, 0.5) is 0 Å². The summed E-state index contributed by atoms with van der Waals surface area (Å²) in [6.07, 6.45) is 25.6. The standard InChI is InChI=1S/C32H56N8.3ClHO3S/c1-2-10-18-17(9-1)25-33-26(18)38-28-21-13-5-6-14-22(21)30(35-28)40-32-24-16-8-7-15-23(24)31(36-32)39-29-20-12-4-3-11-19(20)27(34-29)37-25;3*1-5(2,3)4/h17-40H,1-16H2;3*(H,2,3,4). The summed E-state index contributed by atoms with van der Waals surface area (Å²) >= 11 is 0. The van der Waals surface area contributed by atoms with Crippen LogP contribution in [-0.4, -0.2) is 88.2 Å². The van der Waals surface area contributed by atoms with Crippen LogP contribution in [0.5, 0.6) is 0 Å². The third-order valence-corrected chi connectivity index (χ3v) is 13.8. The first-order valence-electron chi connectivity index (χ1n) is 19.9. The summed E-state index contributed by atoms with van der Waals surface area (Å²) in [6, 6.07) is 0. The van der Waals surface area contributed by atoms with Crippen molar-refractivity contribution >= 4 is 60.0 Å². The second kappa shape index (κ2) is 18.9. The molecule has 4 saturated carbocycles. The van der Waals surface area contributed by atoms with E-state index >= 15 is 0 Å². The van der Waals surface area contributed by atoms with Crippen LogP contribution in [-0.2, 0) is 28.0 Å². The Kier molecular flexibility index (Phi) is 15.4. The molecule has 8 atom stereocenters. The Labute approximate surface area is 339 Å². The van der Waals surface area contributed by atoms with Gasteiger partial charge in [0.2, 0.25) is 0 Å². The highest BCUT2D eigenvalue weighted by atomic mass is 35.7. The number of fused-ring (bicyclic) bond motifs is 20. The monoisotopic (exact) mass is 900 g/mol. The lowest BCUT2D eigenvalue weighted by Gasteiger charge is -2.35. The summed E-state index contributed by atoms with van der Waals surface area (Å²) in [4.78, 5) is 0. The first kappa shape index (κ1) is 44.8. The molecule has 5 aliphatic heterocycles. The minimum Gasteiger partial charge on any atom is -0.286 e. The predicted octanol–water partition coefficient (Wildman–Crippen LogP) is 2.69. The molecule has 0 amide bonds. The van der Waals surface area contributed by atoms with E-state index in [1.165, 1.54) is 103 Å². The van der Waals surface area contributed by atoms with Gasteiger partial charge in [0.1, 0.15) is 0 Å². The number of nitrogens with one attached hydrogen (secondary N) is 8. The fraction of sp³-hybridized carbons (Fsp3) is 1.00. The van der Waals surface area contributed by atoms with Crippen LogP contribution in [0.25, 0.3) is 0 Å². The number of hydrogen-bond donors (Lipinski definition) is 11. The summed E-state index contributed by atoms with van der Waals surface area (Å²) in [7, 11) is -0.410. The quantitative estimate of drug-likeness (QED) is 0.123. The van der Waals surface area contributed by atoms with Crippen LogP contribution in [0.3, 0.4) is 0 Å². The van der Waals surface area contributed by atoms with E-state index in [0.717, 1.165) is 47.3 Å². The molecule has 55 heavy (non-hydrogen) atoms. The Bertz CT molecular complexity index is 1320. The Morgan fingerprint density at radius 2 is 0.382 bits per heavy atom. The molecule has 8 bridgehead atoms. The van der Waals surface area contributed by atoms with Gasteiger partial charge in [-0.05, 0) is 98.7 Å². The van der Waals surface area contributed by atoms with Crippen molar-refractivity contribution in [1.29, 1.82) is 0 Å². The zero-order valence-corrected chi connectivity index (χ0v) is 35.4. The Morgan fingerprint density at radius 3 is 0.473 bits per heavy atom. The van der Waals surface area contributed by atoms with E-state index < -0.39 is 28.0 Å². The van der Waals surface area contributed by atoms with Crippen LogP contribution in [0.2, 0.25) is 0 Å². The molecule has 23 heteroatoms. The topological polar surface area (TPSA) is 259 Å². The van der Waals surface area contributed by atoms with Gasteiger partial charge in [0.05, 0.1) is 49.3 Å². The molecule has 9 aliphatic rings. The van der Waals surface area contributed by atoms with Crippen molar-refractivity contribution < 1.29 is 38.9 Å². The third-order valence-electron chi connectivity index (χ3n) is 13.8. The minimum absolute atomic E-state index is 0.420. The predicted molar refractivity (Wildman–Crippen MR) is 209 cm³/mol. The summed E-state index contributed by atoms with van der Waals surface area (Å²) in [5, 5.41) is 33.8. The maximum Gasteiger partial charge on any atom is 0.353 e. The van der Waals surface area contributed by atoms with E-state index in [1.807, 2.05) is 0 Å². The lowest BCUT2D eigenvalue weighted by atomic mass is 9.76. The molecule has 0 aromatic rings. The average molecular weight is 902 g/mol. The van der Waals surface area contributed by atoms with Gasteiger partial charge >= 0.3 is 28.0 Å². The fourth-order valence-corrected chi connectivity index (χ4v) is 12.0. The van der Waals surface area contributed by atoms with Crippen LogP contribution in [0.15, 0.2) is 0 Å². The molecule has 17 nitrogen and oxygen atoms in total. The molecule has 0 radical (unpaired) electrons. The highest BCUT2D eigenvalue weighted by molar-refractivity contribution is 8.09. The van der Waals surface area contributed by atoms with Crippen LogP contribution < -0.4 is 42.5 Å². The smallest absolute Gasteiger partial charge is 0.286 e. The highest BCUT2D eigenvalue weighted by Crippen LogP contribution is 2.45. The maximum atomic E-state index is 8.95. The van der Waals surface area contributed by atoms with Gasteiger partial charge in [0, 0.05) is 32.0 Å². The van der Waals surface area contributed by atoms with E-state index in [2.05, 4.69) is 74.6 Å². The van der Waals surface area contributed by atoms with E-state index in [-0.39, 0.29) is 0 Å².